The molecule has 3 aliphatic rings. The Morgan fingerprint density at radius 1 is 1.18 bits per heavy atom. The molecule has 4 atom stereocenters. The standard InChI is InChI=1S/C19H35NO2/c1-18(2)14-8-10-19(18,3)17(12-14)22-11-9-16(21)13-20-15-6-4-5-7-15/h14-17,20-21H,4-13H2,1-3H3/t14-,16+,17-,19-/m0/s1. The summed E-state index contributed by atoms with van der Waals surface area (Å²) in [4.78, 5) is 0. The average Bonchev–Trinajstić information content (AvgIpc) is 3.11. The van der Waals surface area contributed by atoms with E-state index in [9.17, 15) is 5.11 Å². The smallest absolute Gasteiger partial charge is 0.0686 e. The van der Waals surface area contributed by atoms with Gasteiger partial charge in [-0.1, -0.05) is 33.6 Å². The Labute approximate surface area is 136 Å². The Kier molecular flexibility index (Phi) is 4.87. The lowest BCUT2D eigenvalue weighted by molar-refractivity contribution is -0.0546. The van der Waals surface area contributed by atoms with E-state index in [1.807, 2.05) is 0 Å². The molecular weight excluding hydrogens is 274 g/mol. The van der Waals surface area contributed by atoms with Crippen LogP contribution in [0.1, 0.15) is 72.1 Å². The third-order valence-corrected chi connectivity index (χ3v) is 7.48. The summed E-state index contributed by atoms with van der Waals surface area (Å²) in [5.41, 5.74) is 0.755. The molecule has 3 aliphatic carbocycles. The van der Waals surface area contributed by atoms with Crippen molar-refractivity contribution < 1.29 is 9.84 Å². The molecular formula is C19H35NO2. The van der Waals surface area contributed by atoms with Crippen LogP contribution in [-0.2, 0) is 4.74 Å². The van der Waals surface area contributed by atoms with Crippen molar-refractivity contribution in [2.45, 2.75) is 90.4 Å². The van der Waals surface area contributed by atoms with Crippen LogP contribution in [-0.4, -0.2) is 36.5 Å². The predicted octanol–water partition coefficient (Wildman–Crippen LogP) is 3.50. The number of rotatable bonds is 7. The average molecular weight is 309 g/mol. The highest BCUT2D eigenvalue weighted by atomic mass is 16.5. The van der Waals surface area contributed by atoms with E-state index in [2.05, 4.69) is 26.1 Å². The molecule has 0 saturated heterocycles. The summed E-state index contributed by atoms with van der Waals surface area (Å²) >= 11 is 0. The number of hydrogen-bond donors (Lipinski definition) is 2. The van der Waals surface area contributed by atoms with Gasteiger partial charge in [0.25, 0.3) is 0 Å². The highest BCUT2D eigenvalue weighted by Gasteiger charge is 2.61. The second-order valence-electron chi connectivity index (χ2n) is 8.80. The van der Waals surface area contributed by atoms with Crippen molar-refractivity contribution in [1.29, 1.82) is 0 Å². The Morgan fingerprint density at radius 3 is 2.50 bits per heavy atom. The molecule has 3 nitrogen and oxygen atoms in total. The molecule has 2 bridgehead atoms. The van der Waals surface area contributed by atoms with Gasteiger partial charge in [-0.15, -0.1) is 0 Å². The zero-order chi connectivity index (χ0) is 15.8. The van der Waals surface area contributed by atoms with E-state index in [4.69, 9.17) is 4.74 Å². The molecule has 3 rings (SSSR count). The topological polar surface area (TPSA) is 41.5 Å². The molecule has 0 amide bonds. The SMILES string of the molecule is CC1(C)[C@H]2CC[C@@]1(C)[C@@H](OCC[C@@H](O)CNC1CCCC1)C2. The van der Waals surface area contributed by atoms with Gasteiger partial charge in [0, 0.05) is 19.2 Å². The number of ether oxygens (including phenoxy) is 1. The van der Waals surface area contributed by atoms with Crippen LogP contribution in [0, 0.1) is 16.7 Å². The lowest BCUT2D eigenvalue weighted by Crippen LogP contribution is -2.38. The van der Waals surface area contributed by atoms with Gasteiger partial charge in [-0.3, -0.25) is 0 Å². The lowest BCUT2D eigenvalue weighted by Gasteiger charge is -2.39. The molecule has 0 heterocycles. The van der Waals surface area contributed by atoms with Crippen LogP contribution in [0.15, 0.2) is 0 Å². The summed E-state index contributed by atoms with van der Waals surface area (Å²) in [6.45, 7) is 8.70. The molecule has 0 unspecified atom stereocenters. The van der Waals surface area contributed by atoms with E-state index in [-0.39, 0.29) is 6.10 Å². The molecule has 0 spiro atoms. The number of hydrogen-bond acceptors (Lipinski definition) is 3. The molecule has 3 saturated carbocycles. The van der Waals surface area contributed by atoms with Crippen LogP contribution >= 0.6 is 0 Å². The third-order valence-electron chi connectivity index (χ3n) is 7.48. The first-order valence-corrected chi connectivity index (χ1v) is 9.46. The quantitative estimate of drug-likeness (QED) is 0.756. The molecule has 3 heteroatoms. The van der Waals surface area contributed by atoms with Gasteiger partial charge in [-0.2, -0.15) is 0 Å². The highest BCUT2D eigenvalue weighted by molar-refractivity contribution is 5.11. The Hall–Kier alpha value is -0.120. The summed E-state index contributed by atoms with van der Waals surface area (Å²) in [5.74, 6) is 0.830. The maximum atomic E-state index is 10.1. The monoisotopic (exact) mass is 309 g/mol. The minimum Gasteiger partial charge on any atom is -0.392 e. The zero-order valence-corrected chi connectivity index (χ0v) is 14.7. The van der Waals surface area contributed by atoms with Gasteiger partial charge in [-0.05, 0) is 55.3 Å². The third kappa shape index (κ3) is 2.97. The number of aliphatic hydroxyl groups is 1. The normalized spacial score (nSPS) is 38.7. The first kappa shape index (κ1) is 16.7. The van der Waals surface area contributed by atoms with Crippen molar-refractivity contribution in [3.63, 3.8) is 0 Å². The van der Waals surface area contributed by atoms with Gasteiger partial charge in [0.2, 0.25) is 0 Å². The minimum absolute atomic E-state index is 0.264. The summed E-state index contributed by atoms with van der Waals surface area (Å²) in [6.07, 6.45) is 10.0. The van der Waals surface area contributed by atoms with Gasteiger partial charge in [0.1, 0.15) is 0 Å². The van der Waals surface area contributed by atoms with Gasteiger partial charge in [-0.25, -0.2) is 0 Å². The van der Waals surface area contributed by atoms with E-state index < -0.39 is 0 Å². The largest absolute Gasteiger partial charge is 0.392 e. The zero-order valence-electron chi connectivity index (χ0n) is 14.7. The van der Waals surface area contributed by atoms with E-state index in [0.717, 1.165) is 18.9 Å². The van der Waals surface area contributed by atoms with Crippen LogP contribution in [0.25, 0.3) is 0 Å². The molecule has 0 aromatic carbocycles. The summed E-state index contributed by atoms with van der Waals surface area (Å²) in [6, 6.07) is 0.640. The first-order chi connectivity index (χ1) is 10.4. The van der Waals surface area contributed by atoms with Crippen molar-refractivity contribution in [3.05, 3.63) is 0 Å². The molecule has 0 aromatic heterocycles. The fourth-order valence-electron chi connectivity index (χ4n) is 5.26. The lowest BCUT2D eigenvalue weighted by atomic mass is 9.70. The van der Waals surface area contributed by atoms with Gasteiger partial charge >= 0.3 is 0 Å². The fourth-order valence-corrected chi connectivity index (χ4v) is 5.26. The maximum absolute atomic E-state index is 10.1. The number of aliphatic hydroxyl groups excluding tert-OH is 1. The van der Waals surface area contributed by atoms with Crippen molar-refractivity contribution >= 4 is 0 Å². The molecule has 0 aromatic rings. The fraction of sp³-hybridized carbons (Fsp3) is 1.00. The molecule has 0 aliphatic heterocycles. The van der Waals surface area contributed by atoms with Crippen LogP contribution in [0.4, 0.5) is 0 Å². The van der Waals surface area contributed by atoms with E-state index in [0.29, 0.717) is 29.6 Å². The second kappa shape index (κ2) is 6.41. The summed E-state index contributed by atoms with van der Waals surface area (Å²) < 4.78 is 6.23. The predicted molar refractivity (Wildman–Crippen MR) is 89.9 cm³/mol. The Balaban J connectivity index is 1.37. The molecule has 2 N–H and O–H groups in total. The van der Waals surface area contributed by atoms with E-state index in [1.165, 1.54) is 44.9 Å². The van der Waals surface area contributed by atoms with Crippen LogP contribution in [0.2, 0.25) is 0 Å². The van der Waals surface area contributed by atoms with Crippen molar-refractivity contribution in [3.8, 4) is 0 Å². The summed E-state index contributed by atoms with van der Waals surface area (Å²) in [5, 5.41) is 13.6. The van der Waals surface area contributed by atoms with Gasteiger partial charge in [0.05, 0.1) is 12.2 Å². The van der Waals surface area contributed by atoms with E-state index >= 15 is 0 Å². The van der Waals surface area contributed by atoms with Gasteiger partial charge < -0.3 is 15.2 Å². The number of fused-ring (bicyclic) bond motifs is 2. The van der Waals surface area contributed by atoms with Crippen LogP contribution in [0.5, 0.6) is 0 Å². The van der Waals surface area contributed by atoms with Crippen LogP contribution < -0.4 is 5.32 Å². The summed E-state index contributed by atoms with van der Waals surface area (Å²) in [7, 11) is 0. The minimum atomic E-state index is -0.264. The second-order valence-corrected chi connectivity index (χ2v) is 8.80. The molecule has 3 fully saturated rings. The highest BCUT2D eigenvalue weighted by Crippen LogP contribution is 2.66. The number of nitrogens with one attached hydrogen (secondary N) is 1. The van der Waals surface area contributed by atoms with E-state index in [1.54, 1.807) is 0 Å². The molecule has 128 valence electrons. The van der Waals surface area contributed by atoms with Gasteiger partial charge in [0.15, 0.2) is 0 Å². The van der Waals surface area contributed by atoms with Crippen molar-refractivity contribution in [2.75, 3.05) is 13.2 Å². The first-order valence-electron chi connectivity index (χ1n) is 9.46. The Morgan fingerprint density at radius 2 is 1.91 bits per heavy atom. The maximum Gasteiger partial charge on any atom is 0.0686 e. The van der Waals surface area contributed by atoms with Crippen molar-refractivity contribution in [1.82, 2.24) is 5.32 Å². The molecule has 0 radical (unpaired) electrons. The Bertz CT molecular complexity index is 378. The van der Waals surface area contributed by atoms with Crippen LogP contribution in [0.3, 0.4) is 0 Å². The van der Waals surface area contributed by atoms with Crippen molar-refractivity contribution in [2.24, 2.45) is 16.7 Å². The molecule has 22 heavy (non-hydrogen) atoms.